The molecule has 8 nitrogen and oxygen atoms in total. The number of nitrogens with zero attached hydrogens (tertiary/aromatic N) is 5. The lowest BCUT2D eigenvalue weighted by Gasteiger charge is -2.37. The van der Waals surface area contributed by atoms with Gasteiger partial charge in [0.1, 0.15) is 0 Å². The number of sulfonamides is 1. The second-order valence-electron chi connectivity index (χ2n) is 6.85. The van der Waals surface area contributed by atoms with E-state index in [9.17, 15) is 13.2 Å². The molecular weight excluding hydrogens is 342 g/mol. The van der Waals surface area contributed by atoms with Gasteiger partial charge in [0.2, 0.25) is 5.16 Å². The SMILES string of the molecule is Cn1ccnc1S(=O)(=O)N1CC(Cn2nc3c(cc2=O)CCCC3)C1. The number of imidazole rings is 1. The van der Waals surface area contributed by atoms with E-state index in [2.05, 4.69) is 10.1 Å². The van der Waals surface area contributed by atoms with Gasteiger partial charge in [0.15, 0.2) is 0 Å². The van der Waals surface area contributed by atoms with Gasteiger partial charge in [-0.05, 0) is 31.2 Å². The molecule has 1 aliphatic carbocycles. The summed E-state index contributed by atoms with van der Waals surface area (Å²) in [6, 6.07) is 1.70. The van der Waals surface area contributed by atoms with Gasteiger partial charge in [-0.3, -0.25) is 4.79 Å². The fourth-order valence-corrected chi connectivity index (χ4v) is 5.19. The van der Waals surface area contributed by atoms with E-state index in [4.69, 9.17) is 0 Å². The molecule has 4 rings (SSSR count). The van der Waals surface area contributed by atoms with E-state index < -0.39 is 10.0 Å². The van der Waals surface area contributed by atoms with Crippen LogP contribution in [0.5, 0.6) is 0 Å². The van der Waals surface area contributed by atoms with Crippen LogP contribution in [-0.2, 0) is 36.5 Å². The molecule has 1 fully saturated rings. The van der Waals surface area contributed by atoms with E-state index in [1.54, 1.807) is 19.3 Å². The molecule has 0 N–H and O–H groups in total. The molecule has 0 radical (unpaired) electrons. The molecule has 0 aromatic carbocycles. The normalized spacial score (nSPS) is 18.8. The Labute approximate surface area is 146 Å². The van der Waals surface area contributed by atoms with Crippen LogP contribution < -0.4 is 5.56 Å². The summed E-state index contributed by atoms with van der Waals surface area (Å²) in [5.74, 6) is 0.0990. The average molecular weight is 363 g/mol. The third-order valence-corrected chi connectivity index (χ3v) is 6.81. The van der Waals surface area contributed by atoms with Gasteiger partial charge in [-0.15, -0.1) is 0 Å². The molecule has 0 amide bonds. The van der Waals surface area contributed by atoms with Crippen molar-refractivity contribution in [1.29, 1.82) is 0 Å². The van der Waals surface area contributed by atoms with Crippen LogP contribution in [0.15, 0.2) is 28.4 Å². The van der Waals surface area contributed by atoms with Crippen LogP contribution in [-0.4, -0.2) is 45.1 Å². The third-order valence-electron chi connectivity index (χ3n) is 4.98. The number of fused-ring (bicyclic) bond motifs is 1. The highest BCUT2D eigenvalue weighted by molar-refractivity contribution is 7.89. The van der Waals surface area contributed by atoms with Crippen LogP contribution in [0.1, 0.15) is 24.1 Å². The maximum atomic E-state index is 12.5. The standard InChI is InChI=1S/C16H21N5O3S/c1-19-7-6-17-16(19)25(23,24)20-9-12(10-20)11-21-15(22)8-13-4-2-3-5-14(13)18-21/h6-8,12H,2-5,9-11H2,1H3. The number of hydrogen-bond acceptors (Lipinski definition) is 5. The summed E-state index contributed by atoms with van der Waals surface area (Å²) in [5.41, 5.74) is 1.99. The predicted molar refractivity (Wildman–Crippen MR) is 90.6 cm³/mol. The van der Waals surface area contributed by atoms with Crippen molar-refractivity contribution in [1.82, 2.24) is 23.6 Å². The topological polar surface area (TPSA) is 90.1 Å². The van der Waals surface area contributed by atoms with Crippen molar-refractivity contribution in [2.24, 2.45) is 13.0 Å². The molecule has 2 aromatic heterocycles. The van der Waals surface area contributed by atoms with Crippen molar-refractivity contribution in [3.63, 3.8) is 0 Å². The van der Waals surface area contributed by atoms with Crippen molar-refractivity contribution < 1.29 is 8.42 Å². The number of aryl methyl sites for hydroxylation is 3. The van der Waals surface area contributed by atoms with Crippen molar-refractivity contribution in [3.8, 4) is 0 Å². The summed E-state index contributed by atoms with van der Waals surface area (Å²) in [6.07, 6.45) is 7.15. The minimum atomic E-state index is -3.56. The van der Waals surface area contributed by atoms with Crippen molar-refractivity contribution in [2.75, 3.05) is 13.1 Å². The summed E-state index contributed by atoms with van der Waals surface area (Å²) < 4.78 is 29.4. The first-order valence-electron chi connectivity index (χ1n) is 8.52. The van der Waals surface area contributed by atoms with E-state index in [0.29, 0.717) is 19.6 Å². The number of rotatable bonds is 4. The molecule has 0 saturated carbocycles. The molecule has 2 aromatic rings. The Kier molecular flexibility index (Phi) is 3.99. The predicted octanol–water partition coefficient (Wildman–Crippen LogP) is 0.176. The fourth-order valence-electron chi connectivity index (χ4n) is 3.53. The molecule has 3 heterocycles. The van der Waals surface area contributed by atoms with Gasteiger partial charge in [0, 0.05) is 44.5 Å². The van der Waals surface area contributed by atoms with Crippen LogP contribution in [0.25, 0.3) is 0 Å². The van der Waals surface area contributed by atoms with Gasteiger partial charge in [-0.2, -0.15) is 9.40 Å². The zero-order valence-corrected chi connectivity index (χ0v) is 14.9. The zero-order chi connectivity index (χ0) is 17.6. The minimum absolute atomic E-state index is 0.0509. The van der Waals surface area contributed by atoms with E-state index in [-0.39, 0.29) is 16.6 Å². The summed E-state index contributed by atoms with van der Waals surface area (Å²) >= 11 is 0. The molecule has 0 unspecified atom stereocenters. The Hall–Kier alpha value is -2.00. The highest BCUT2D eigenvalue weighted by Crippen LogP contribution is 2.25. The van der Waals surface area contributed by atoms with E-state index >= 15 is 0 Å². The van der Waals surface area contributed by atoms with Gasteiger partial charge in [-0.25, -0.2) is 18.1 Å². The first-order chi connectivity index (χ1) is 11.9. The minimum Gasteiger partial charge on any atom is -0.324 e. The molecule has 134 valence electrons. The van der Waals surface area contributed by atoms with Crippen molar-refractivity contribution >= 4 is 10.0 Å². The highest BCUT2D eigenvalue weighted by Gasteiger charge is 2.39. The zero-order valence-electron chi connectivity index (χ0n) is 14.1. The smallest absolute Gasteiger partial charge is 0.277 e. The molecule has 1 aliphatic heterocycles. The van der Waals surface area contributed by atoms with Crippen LogP contribution in [0.3, 0.4) is 0 Å². The monoisotopic (exact) mass is 363 g/mol. The molecule has 2 aliphatic rings. The maximum Gasteiger partial charge on any atom is 0.277 e. The molecule has 25 heavy (non-hydrogen) atoms. The average Bonchev–Trinajstić information content (AvgIpc) is 2.97. The Morgan fingerprint density at radius 1 is 1.24 bits per heavy atom. The third kappa shape index (κ3) is 2.91. The van der Waals surface area contributed by atoms with Gasteiger partial charge in [0.05, 0.1) is 12.2 Å². The molecule has 0 bridgehead atoms. The largest absolute Gasteiger partial charge is 0.324 e. The first-order valence-corrected chi connectivity index (χ1v) is 9.96. The summed E-state index contributed by atoms with van der Waals surface area (Å²) in [4.78, 5) is 16.2. The van der Waals surface area contributed by atoms with Crippen molar-refractivity contribution in [3.05, 3.63) is 40.1 Å². The summed E-state index contributed by atoms with van der Waals surface area (Å²) in [5, 5.41) is 4.56. The van der Waals surface area contributed by atoms with Gasteiger partial charge >= 0.3 is 0 Å². The quantitative estimate of drug-likeness (QED) is 0.773. The first kappa shape index (κ1) is 16.5. The lowest BCUT2D eigenvalue weighted by Crippen LogP contribution is -2.52. The summed E-state index contributed by atoms with van der Waals surface area (Å²) in [6.45, 7) is 1.24. The Morgan fingerprint density at radius 2 is 2.00 bits per heavy atom. The summed E-state index contributed by atoms with van der Waals surface area (Å²) in [7, 11) is -1.90. The number of aromatic nitrogens is 4. The van der Waals surface area contributed by atoms with E-state index in [0.717, 1.165) is 36.9 Å². The molecule has 9 heteroatoms. The van der Waals surface area contributed by atoms with E-state index in [1.807, 2.05) is 0 Å². The lowest BCUT2D eigenvalue weighted by molar-refractivity contribution is 0.171. The second-order valence-corrected chi connectivity index (χ2v) is 8.68. The fraction of sp³-hybridized carbons (Fsp3) is 0.562. The molecular formula is C16H21N5O3S. The van der Waals surface area contributed by atoms with Crippen LogP contribution in [0.4, 0.5) is 0 Å². The Bertz CT molecular complexity index is 956. The van der Waals surface area contributed by atoms with Crippen molar-refractivity contribution in [2.45, 2.75) is 37.4 Å². The second kappa shape index (κ2) is 6.06. The highest BCUT2D eigenvalue weighted by atomic mass is 32.2. The maximum absolute atomic E-state index is 12.5. The van der Waals surface area contributed by atoms with Crippen LogP contribution >= 0.6 is 0 Å². The molecule has 1 saturated heterocycles. The van der Waals surface area contributed by atoms with Crippen LogP contribution in [0.2, 0.25) is 0 Å². The van der Waals surface area contributed by atoms with Gasteiger partial charge in [0.25, 0.3) is 15.6 Å². The molecule has 0 spiro atoms. The Morgan fingerprint density at radius 3 is 2.72 bits per heavy atom. The van der Waals surface area contributed by atoms with Gasteiger partial charge in [-0.1, -0.05) is 0 Å². The molecule has 0 atom stereocenters. The Balaban J connectivity index is 1.45. The lowest BCUT2D eigenvalue weighted by atomic mass is 9.97. The number of hydrogen-bond donors (Lipinski definition) is 0. The van der Waals surface area contributed by atoms with Gasteiger partial charge < -0.3 is 4.57 Å². The van der Waals surface area contributed by atoms with E-state index in [1.165, 1.54) is 19.8 Å². The van der Waals surface area contributed by atoms with Crippen LogP contribution in [0, 0.1) is 5.92 Å².